The van der Waals surface area contributed by atoms with E-state index in [0.29, 0.717) is 0 Å². The molecular formula is C12H30CuO12P4. The normalized spacial score (nSPS) is 16.0. The number of rotatable bonds is 14. The van der Waals surface area contributed by atoms with Gasteiger partial charge in [-0.3, -0.25) is 18.3 Å². The second kappa shape index (κ2) is 16.7. The van der Waals surface area contributed by atoms with Gasteiger partial charge in [-0.05, 0) is 41.5 Å². The molecule has 181 valence electrons. The first kappa shape index (κ1) is 34.7. The van der Waals surface area contributed by atoms with Crippen molar-refractivity contribution < 1.29 is 72.3 Å². The quantitative estimate of drug-likeness (QED) is 0.227. The van der Waals surface area contributed by atoms with Gasteiger partial charge in [0, 0.05) is 0 Å². The van der Waals surface area contributed by atoms with Crippen molar-refractivity contribution in [3.05, 3.63) is 0 Å². The summed E-state index contributed by atoms with van der Waals surface area (Å²) in [6.07, 6.45) is 0. The molecule has 0 aliphatic rings. The van der Waals surface area contributed by atoms with Crippen molar-refractivity contribution in [2.75, 3.05) is 39.6 Å². The Bertz CT molecular complexity index is 544. The molecular weight excluding hydrogens is 524 g/mol. The zero-order valence-electron chi connectivity index (χ0n) is 17.2. The summed E-state index contributed by atoms with van der Waals surface area (Å²) >= 11 is 0. The fourth-order valence-corrected chi connectivity index (χ4v) is 9.06. The molecule has 0 aromatic carbocycles. The van der Waals surface area contributed by atoms with Gasteiger partial charge < -0.3 is 36.9 Å². The van der Waals surface area contributed by atoms with Crippen molar-refractivity contribution in [2.45, 2.75) is 41.5 Å². The third-order valence-corrected chi connectivity index (χ3v) is 12.7. The van der Waals surface area contributed by atoms with Crippen molar-refractivity contribution in [3.8, 4) is 0 Å². The van der Waals surface area contributed by atoms with E-state index in [2.05, 4.69) is 27.1 Å². The maximum atomic E-state index is 11.7. The van der Waals surface area contributed by atoms with Crippen molar-refractivity contribution in [1.29, 1.82) is 0 Å². The fourth-order valence-electron chi connectivity index (χ4n) is 1.48. The number of hydrogen-bond acceptors (Lipinski definition) is 12. The van der Waals surface area contributed by atoms with Crippen LogP contribution in [0.1, 0.15) is 41.5 Å². The minimum Gasteiger partial charge on any atom is -0.770 e. The average Bonchev–Trinajstić information content (AvgIpc) is 2.56. The van der Waals surface area contributed by atoms with Crippen LogP contribution in [-0.4, -0.2) is 39.6 Å². The Hall–Kier alpha value is 1.12. The van der Waals surface area contributed by atoms with E-state index in [-0.39, 0.29) is 56.7 Å². The summed E-state index contributed by atoms with van der Waals surface area (Å²) < 4.78 is 73.3. The van der Waals surface area contributed by atoms with Gasteiger partial charge in [-0.15, -0.1) is 0 Å². The summed E-state index contributed by atoms with van der Waals surface area (Å²) in [5, 5.41) is 0. The first-order valence-electron chi connectivity index (χ1n) is 8.57. The summed E-state index contributed by atoms with van der Waals surface area (Å²) in [6.45, 7) is 8.81. The largest absolute Gasteiger partial charge is 2.00 e. The van der Waals surface area contributed by atoms with E-state index in [4.69, 9.17) is 0 Å². The molecule has 12 nitrogen and oxygen atoms in total. The van der Waals surface area contributed by atoms with Gasteiger partial charge in [-0.1, -0.05) is 0 Å². The van der Waals surface area contributed by atoms with E-state index in [9.17, 15) is 28.0 Å². The van der Waals surface area contributed by atoms with Crippen molar-refractivity contribution in [2.24, 2.45) is 0 Å². The summed E-state index contributed by atoms with van der Waals surface area (Å²) in [7, 11) is -17.5. The molecule has 0 aromatic heterocycles. The maximum absolute atomic E-state index is 11.7. The molecule has 2 atom stereocenters. The molecule has 0 amide bonds. The Morgan fingerprint density at radius 2 is 0.655 bits per heavy atom. The predicted molar refractivity (Wildman–Crippen MR) is 100 cm³/mol. The standard InChI is InChI=1S/2C6H16O6P2.Cu/c2*1-4-10-13(7,8)14(9,11-5-2)12-6-3;/h2*4-6H2,1-3H3,(H,7,8);/q;;+2/p-2. The van der Waals surface area contributed by atoms with Gasteiger partial charge in [0.15, 0.2) is 0 Å². The van der Waals surface area contributed by atoms with E-state index in [0.717, 1.165) is 0 Å². The molecule has 0 aromatic rings. The molecule has 0 rings (SSSR count). The topological polar surface area (TPSA) is 170 Å². The minimum atomic E-state index is -4.59. The van der Waals surface area contributed by atoms with Crippen molar-refractivity contribution in [1.82, 2.24) is 0 Å². The third-order valence-electron chi connectivity index (χ3n) is 2.35. The molecule has 0 saturated carbocycles. The molecule has 2 unspecified atom stereocenters. The smallest absolute Gasteiger partial charge is 0.770 e. The first-order valence-corrected chi connectivity index (χ1v) is 16.1. The van der Waals surface area contributed by atoms with Gasteiger partial charge >= 0.3 is 31.6 Å². The van der Waals surface area contributed by atoms with Gasteiger partial charge in [0.05, 0.1) is 39.6 Å². The van der Waals surface area contributed by atoms with Crippen LogP contribution in [0.3, 0.4) is 0 Å². The van der Waals surface area contributed by atoms with E-state index in [1.165, 1.54) is 41.5 Å². The molecule has 0 spiro atoms. The third kappa shape index (κ3) is 11.5. The van der Waals surface area contributed by atoms with Crippen molar-refractivity contribution in [3.63, 3.8) is 0 Å². The second-order valence-electron chi connectivity index (χ2n) is 4.38. The summed E-state index contributed by atoms with van der Waals surface area (Å²) in [6, 6.07) is 0. The van der Waals surface area contributed by atoms with Gasteiger partial charge in [-0.2, -0.15) is 0 Å². The SMILES string of the molecule is CCOP(=O)([O-])P(=O)(OCC)OCC.CCOP(=O)([O-])P(=O)(OCC)OCC.[Cu+2]. The first-order chi connectivity index (χ1) is 12.9. The second-order valence-corrected chi connectivity index (χ2v) is 15.6. The average molecular weight is 554 g/mol. The van der Waals surface area contributed by atoms with Crippen LogP contribution in [0.5, 0.6) is 0 Å². The van der Waals surface area contributed by atoms with E-state index in [1.54, 1.807) is 0 Å². The summed E-state index contributed by atoms with van der Waals surface area (Å²) in [5.41, 5.74) is 0. The van der Waals surface area contributed by atoms with Crippen LogP contribution in [0, 0.1) is 0 Å². The van der Waals surface area contributed by atoms with Crippen LogP contribution in [0.15, 0.2) is 0 Å². The molecule has 0 aliphatic heterocycles. The van der Waals surface area contributed by atoms with Crippen LogP contribution in [-0.2, 0) is 62.5 Å². The Morgan fingerprint density at radius 3 is 0.793 bits per heavy atom. The summed E-state index contributed by atoms with van der Waals surface area (Å²) in [5.74, 6) is 0. The number of hydrogen-bond donors (Lipinski definition) is 0. The van der Waals surface area contributed by atoms with Crippen molar-refractivity contribution >= 4 is 29.1 Å². The molecule has 0 aliphatic carbocycles. The van der Waals surface area contributed by atoms with Crippen LogP contribution in [0.25, 0.3) is 0 Å². The molecule has 0 bridgehead atoms. The monoisotopic (exact) mass is 553 g/mol. The van der Waals surface area contributed by atoms with Crippen LogP contribution < -0.4 is 9.79 Å². The summed E-state index contributed by atoms with van der Waals surface area (Å²) in [4.78, 5) is 22.6. The van der Waals surface area contributed by atoms with Crippen LogP contribution in [0.4, 0.5) is 0 Å². The van der Waals surface area contributed by atoms with Gasteiger partial charge in [-0.25, -0.2) is 0 Å². The molecule has 0 saturated heterocycles. The van der Waals surface area contributed by atoms with Gasteiger partial charge in [0.1, 0.15) is 0 Å². The maximum Gasteiger partial charge on any atom is 2.00 e. The fraction of sp³-hybridized carbons (Fsp3) is 1.00. The Kier molecular flexibility index (Phi) is 20.0. The van der Waals surface area contributed by atoms with Gasteiger partial charge in [0.25, 0.3) is 0 Å². The molecule has 29 heavy (non-hydrogen) atoms. The van der Waals surface area contributed by atoms with E-state index in [1.807, 2.05) is 0 Å². The van der Waals surface area contributed by atoms with Crippen LogP contribution >= 0.6 is 29.1 Å². The molecule has 1 radical (unpaired) electrons. The molecule has 0 heterocycles. The van der Waals surface area contributed by atoms with Gasteiger partial charge in [0.2, 0.25) is 14.6 Å². The van der Waals surface area contributed by atoms with Crippen LogP contribution in [0.2, 0.25) is 0 Å². The molecule has 0 fully saturated rings. The van der Waals surface area contributed by atoms with E-state index >= 15 is 0 Å². The minimum absolute atomic E-state index is 0. The Balaban J connectivity index is -0.000000451. The molecule has 17 heteroatoms. The molecule has 0 N–H and O–H groups in total. The Morgan fingerprint density at radius 1 is 0.483 bits per heavy atom. The Labute approximate surface area is 182 Å². The zero-order chi connectivity index (χ0) is 22.5. The van der Waals surface area contributed by atoms with E-state index < -0.39 is 29.1 Å². The zero-order valence-corrected chi connectivity index (χ0v) is 21.8. The predicted octanol–water partition coefficient (Wildman–Crippen LogP) is 3.51.